The number of amides is 2. The lowest BCUT2D eigenvalue weighted by molar-refractivity contribution is -0.137. The molecule has 1 aromatic heterocycles. The molecule has 36 heavy (non-hydrogen) atoms. The van der Waals surface area contributed by atoms with Crippen LogP contribution in [0.25, 0.3) is 11.0 Å². The van der Waals surface area contributed by atoms with Crippen molar-refractivity contribution >= 4 is 40.1 Å². The Morgan fingerprint density at radius 2 is 1.72 bits per heavy atom. The van der Waals surface area contributed by atoms with Crippen molar-refractivity contribution in [1.29, 1.82) is 0 Å². The number of fused-ring (bicyclic) bond motifs is 3. The van der Waals surface area contributed by atoms with Gasteiger partial charge in [-0.25, -0.2) is 13.6 Å². The molecule has 0 radical (unpaired) electrons. The topological polar surface area (TPSA) is 107 Å². The minimum Gasteiger partial charge on any atom is -0.341 e. The molecule has 4 aromatic rings. The molecule has 0 fully saturated rings. The highest BCUT2D eigenvalue weighted by molar-refractivity contribution is 6.31. The number of halogens is 6. The number of alkyl halides is 3. The molecule has 7 nitrogen and oxygen atoms in total. The molecule has 3 aromatic carbocycles. The van der Waals surface area contributed by atoms with Crippen molar-refractivity contribution in [3.63, 3.8) is 0 Å². The first-order chi connectivity index (χ1) is 16.9. The van der Waals surface area contributed by atoms with Gasteiger partial charge in [-0.05, 0) is 42.5 Å². The molecular formula is C23H12ClF5N4O3. The van der Waals surface area contributed by atoms with Crippen molar-refractivity contribution in [2.45, 2.75) is 12.2 Å². The predicted octanol–water partition coefficient (Wildman–Crippen LogP) is 4.89. The summed E-state index contributed by atoms with van der Waals surface area (Å²) in [6, 6.07) is 4.94. The van der Waals surface area contributed by atoms with Crippen molar-refractivity contribution < 1.29 is 31.5 Å². The molecule has 0 saturated heterocycles. The lowest BCUT2D eigenvalue weighted by Crippen LogP contribution is -2.21. The predicted molar refractivity (Wildman–Crippen MR) is 119 cm³/mol. The smallest absolute Gasteiger partial charge is 0.341 e. The number of carbonyl (C=O) groups is 2. The molecule has 0 saturated carbocycles. The second-order valence-electron chi connectivity index (χ2n) is 7.97. The third kappa shape index (κ3) is 3.98. The average molecular weight is 523 g/mol. The van der Waals surface area contributed by atoms with Crippen LogP contribution in [-0.2, 0) is 6.18 Å². The number of benzene rings is 3. The van der Waals surface area contributed by atoms with Gasteiger partial charge in [0.15, 0.2) is 0 Å². The summed E-state index contributed by atoms with van der Waals surface area (Å²) < 4.78 is 67.3. The van der Waals surface area contributed by atoms with Crippen LogP contribution in [0.4, 0.5) is 27.6 Å². The van der Waals surface area contributed by atoms with E-state index in [4.69, 9.17) is 11.6 Å². The lowest BCUT2D eigenvalue weighted by Gasteiger charge is -2.18. The molecular weight excluding hydrogens is 511 g/mol. The lowest BCUT2D eigenvalue weighted by atomic mass is 9.95. The van der Waals surface area contributed by atoms with E-state index in [0.29, 0.717) is 12.1 Å². The number of aromatic amines is 2. The third-order valence-electron chi connectivity index (χ3n) is 5.65. The van der Waals surface area contributed by atoms with E-state index in [1.54, 1.807) is 0 Å². The van der Waals surface area contributed by atoms with Crippen LogP contribution in [-0.4, -0.2) is 21.8 Å². The van der Waals surface area contributed by atoms with E-state index in [1.807, 2.05) is 0 Å². The number of nitrogens with one attached hydrogen (secondary N) is 4. The van der Waals surface area contributed by atoms with Crippen LogP contribution < -0.4 is 16.3 Å². The van der Waals surface area contributed by atoms with E-state index in [0.717, 1.165) is 12.1 Å². The summed E-state index contributed by atoms with van der Waals surface area (Å²) in [5, 5.41) is 5.07. The van der Waals surface area contributed by atoms with Gasteiger partial charge in [0, 0.05) is 27.4 Å². The zero-order valence-electron chi connectivity index (χ0n) is 17.6. The van der Waals surface area contributed by atoms with Gasteiger partial charge >= 0.3 is 11.9 Å². The summed E-state index contributed by atoms with van der Waals surface area (Å²) in [5.74, 6) is -3.76. The average Bonchev–Trinajstić information content (AvgIpc) is 3.33. The molecule has 184 valence electrons. The number of aromatic nitrogens is 2. The maximum absolute atomic E-state index is 14.0. The Morgan fingerprint density at radius 1 is 0.972 bits per heavy atom. The van der Waals surface area contributed by atoms with Gasteiger partial charge in [0.2, 0.25) is 0 Å². The van der Waals surface area contributed by atoms with Gasteiger partial charge in [0.25, 0.3) is 11.8 Å². The molecule has 1 atom stereocenters. The fraction of sp³-hybridized carbons (Fsp3) is 0.0870. The Labute approximate surface area is 202 Å². The largest absolute Gasteiger partial charge is 0.416 e. The quantitative estimate of drug-likeness (QED) is 0.288. The molecule has 1 aliphatic heterocycles. The Bertz CT molecular complexity index is 1640. The van der Waals surface area contributed by atoms with Gasteiger partial charge in [0.05, 0.1) is 28.2 Å². The summed E-state index contributed by atoms with van der Waals surface area (Å²) in [6.45, 7) is 0. The standard InChI is InChI=1S/C23H12ClF5N4O3/c24-13-2-1-10(25)6-12(13)18-16-14(7-15-19(33-22(36)31-15)17(16)21(35)32-18)30-20(34)8-3-9(23(27,28)29)5-11(26)4-8/h1-7,18H,(H,30,34)(H,32,35)(H2,31,33,36). The van der Waals surface area contributed by atoms with Crippen LogP contribution in [0, 0.1) is 11.6 Å². The molecule has 1 aliphatic rings. The molecule has 2 amide bonds. The van der Waals surface area contributed by atoms with Crippen LogP contribution >= 0.6 is 11.6 Å². The Morgan fingerprint density at radius 3 is 2.44 bits per heavy atom. The van der Waals surface area contributed by atoms with Crippen molar-refractivity contribution in [2.75, 3.05) is 5.32 Å². The van der Waals surface area contributed by atoms with Crippen molar-refractivity contribution in [3.05, 3.63) is 97.4 Å². The molecule has 0 spiro atoms. The summed E-state index contributed by atoms with van der Waals surface area (Å²) in [6.07, 6.45) is -4.91. The van der Waals surface area contributed by atoms with Crippen LogP contribution in [0.2, 0.25) is 5.02 Å². The minimum atomic E-state index is -4.91. The van der Waals surface area contributed by atoms with E-state index in [2.05, 4.69) is 20.6 Å². The summed E-state index contributed by atoms with van der Waals surface area (Å²) in [4.78, 5) is 42.6. The maximum atomic E-state index is 14.0. The van der Waals surface area contributed by atoms with E-state index in [-0.39, 0.29) is 44.5 Å². The monoisotopic (exact) mass is 522 g/mol. The molecule has 0 bridgehead atoms. The first kappa shape index (κ1) is 23.5. The van der Waals surface area contributed by atoms with Crippen LogP contribution in [0.1, 0.15) is 43.4 Å². The Hall–Kier alpha value is -4.19. The van der Waals surface area contributed by atoms with Crippen molar-refractivity contribution in [2.24, 2.45) is 0 Å². The van der Waals surface area contributed by atoms with Gasteiger partial charge in [-0.3, -0.25) is 9.59 Å². The normalized spacial score (nSPS) is 15.2. The summed E-state index contributed by atoms with van der Waals surface area (Å²) >= 11 is 6.23. The van der Waals surface area contributed by atoms with Gasteiger partial charge < -0.3 is 20.6 Å². The molecule has 1 unspecified atom stereocenters. The maximum Gasteiger partial charge on any atom is 0.416 e. The number of anilines is 1. The number of rotatable bonds is 3. The van der Waals surface area contributed by atoms with Gasteiger partial charge in [-0.2, -0.15) is 13.2 Å². The van der Waals surface area contributed by atoms with Gasteiger partial charge in [0.1, 0.15) is 11.6 Å². The van der Waals surface area contributed by atoms with Gasteiger partial charge in [-0.15, -0.1) is 0 Å². The fourth-order valence-electron chi connectivity index (χ4n) is 4.16. The molecule has 2 heterocycles. The highest BCUT2D eigenvalue weighted by Gasteiger charge is 2.37. The SMILES string of the molecule is O=C(Nc1cc2[nH]c(=O)[nH]c2c2c1C(c1cc(F)ccc1Cl)NC2=O)c1cc(F)cc(C(F)(F)F)c1. The van der Waals surface area contributed by atoms with Crippen LogP contribution in [0.15, 0.2) is 47.3 Å². The summed E-state index contributed by atoms with van der Waals surface area (Å²) in [5.41, 5.74) is -2.45. The Kier molecular flexibility index (Phi) is 5.36. The van der Waals surface area contributed by atoms with E-state index >= 15 is 0 Å². The number of imidazole rings is 1. The number of H-pyrrole nitrogens is 2. The molecule has 4 N–H and O–H groups in total. The molecule has 13 heteroatoms. The fourth-order valence-corrected chi connectivity index (χ4v) is 4.38. The highest BCUT2D eigenvalue weighted by Crippen LogP contribution is 2.42. The molecule has 5 rings (SSSR count). The van der Waals surface area contributed by atoms with E-state index in [9.17, 15) is 36.3 Å². The van der Waals surface area contributed by atoms with Crippen LogP contribution in [0.3, 0.4) is 0 Å². The highest BCUT2D eigenvalue weighted by atomic mass is 35.5. The van der Waals surface area contributed by atoms with E-state index in [1.165, 1.54) is 12.1 Å². The van der Waals surface area contributed by atoms with Crippen molar-refractivity contribution in [3.8, 4) is 0 Å². The van der Waals surface area contributed by atoms with Crippen LogP contribution in [0.5, 0.6) is 0 Å². The number of carbonyl (C=O) groups excluding carboxylic acids is 2. The second kappa shape index (κ2) is 8.19. The summed E-state index contributed by atoms with van der Waals surface area (Å²) in [7, 11) is 0. The van der Waals surface area contributed by atoms with E-state index < -0.39 is 52.5 Å². The minimum absolute atomic E-state index is 0.0679. The first-order valence-corrected chi connectivity index (χ1v) is 10.5. The number of hydrogen-bond donors (Lipinski definition) is 4. The first-order valence-electron chi connectivity index (χ1n) is 10.2. The third-order valence-corrected chi connectivity index (χ3v) is 5.99. The van der Waals surface area contributed by atoms with Gasteiger partial charge in [-0.1, -0.05) is 11.6 Å². The Balaban J connectivity index is 1.68. The van der Waals surface area contributed by atoms with Crippen molar-refractivity contribution in [1.82, 2.24) is 15.3 Å². The number of hydrogen-bond acceptors (Lipinski definition) is 3. The second-order valence-corrected chi connectivity index (χ2v) is 8.37. The zero-order chi connectivity index (χ0) is 25.9. The zero-order valence-corrected chi connectivity index (χ0v) is 18.4. The molecule has 0 aliphatic carbocycles.